The predicted molar refractivity (Wildman–Crippen MR) is 54.9 cm³/mol. The van der Waals surface area contributed by atoms with E-state index in [0.717, 1.165) is 0 Å². The van der Waals surface area contributed by atoms with E-state index >= 15 is 0 Å². The highest BCUT2D eigenvalue weighted by atomic mass is 35.6. The van der Waals surface area contributed by atoms with Gasteiger partial charge in [0.25, 0.3) is 3.79 Å². The molecule has 0 N–H and O–H groups in total. The van der Waals surface area contributed by atoms with E-state index in [4.69, 9.17) is 46.4 Å². The normalized spacial score (nSPS) is 11.4. The van der Waals surface area contributed by atoms with Crippen molar-refractivity contribution in [3.05, 3.63) is 0 Å². The highest BCUT2D eigenvalue weighted by molar-refractivity contribution is 6.81. The van der Waals surface area contributed by atoms with Gasteiger partial charge >= 0.3 is 0 Å². The molecule has 0 saturated carbocycles. The number of alkyl halides is 4. The van der Waals surface area contributed by atoms with E-state index in [1.165, 1.54) is 0 Å². The fourth-order valence-electron chi connectivity index (χ4n) is 0.652. The van der Waals surface area contributed by atoms with E-state index in [1.807, 2.05) is 0 Å². The minimum Gasteiger partial charge on any atom is -0.291 e. The van der Waals surface area contributed by atoms with Crippen LogP contribution in [0.25, 0.3) is 0 Å². The lowest BCUT2D eigenvalue weighted by Crippen LogP contribution is -2.27. The van der Waals surface area contributed by atoms with Gasteiger partial charge in [-0.05, 0) is 12.8 Å². The average molecular weight is 266 g/mol. The van der Waals surface area contributed by atoms with Gasteiger partial charge in [-0.2, -0.15) is 0 Å². The van der Waals surface area contributed by atoms with Gasteiger partial charge in [0.15, 0.2) is 0 Å². The van der Waals surface area contributed by atoms with Gasteiger partial charge in [-0.15, -0.1) is 11.6 Å². The third-order valence-electron chi connectivity index (χ3n) is 1.30. The van der Waals surface area contributed by atoms with Gasteiger partial charge < -0.3 is 0 Å². The zero-order valence-corrected chi connectivity index (χ0v) is 9.68. The molecule has 0 fully saturated rings. The largest absolute Gasteiger partial charge is 0.291 e. The van der Waals surface area contributed by atoms with Crippen molar-refractivity contribution >= 4 is 58.0 Å². The highest BCUT2D eigenvalue weighted by Gasteiger charge is 2.35. The Balaban J connectivity index is 3.92. The molecule has 0 aliphatic carbocycles. The molecule has 0 aromatic carbocycles. The van der Waals surface area contributed by atoms with Crippen LogP contribution in [0.15, 0.2) is 0 Å². The van der Waals surface area contributed by atoms with Crippen molar-refractivity contribution in [1.82, 2.24) is 0 Å². The fourth-order valence-corrected chi connectivity index (χ4v) is 1.16. The average Bonchev–Trinajstić information content (AvgIpc) is 2.01. The zero-order chi connectivity index (χ0) is 10.5. The van der Waals surface area contributed by atoms with Crippen LogP contribution in [0.2, 0.25) is 0 Å². The van der Waals surface area contributed by atoms with Gasteiger partial charge in [-0.3, -0.25) is 9.59 Å². The van der Waals surface area contributed by atoms with Crippen molar-refractivity contribution in [2.24, 2.45) is 0 Å². The summed E-state index contributed by atoms with van der Waals surface area (Å²) < 4.78 is -2.13. The summed E-state index contributed by atoms with van der Waals surface area (Å²) in [6.07, 6.45) is 1.29. The van der Waals surface area contributed by atoms with Gasteiger partial charge in [0.1, 0.15) is 0 Å². The second-order valence-electron chi connectivity index (χ2n) is 2.40. The Morgan fingerprint density at radius 2 is 1.62 bits per heavy atom. The number of carbonyl (C=O) groups excluding carboxylic acids is 2. The number of unbranched alkanes of at least 4 members (excludes halogenated alkanes) is 1. The van der Waals surface area contributed by atoms with E-state index in [0.29, 0.717) is 18.7 Å². The molecular formula is C7H8Cl4O2. The lowest BCUT2D eigenvalue weighted by molar-refractivity contribution is -0.136. The van der Waals surface area contributed by atoms with E-state index < -0.39 is 15.4 Å². The monoisotopic (exact) mass is 264 g/mol. The molecule has 0 saturated heterocycles. The van der Waals surface area contributed by atoms with Crippen molar-refractivity contribution in [2.45, 2.75) is 23.1 Å². The summed E-state index contributed by atoms with van der Waals surface area (Å²) in [5.41, 5.74) is 0. The molecule has 0 heterocycles. The molecule has 0 aromatic heterocycles. The van der Waals surface area contributed by atoms with Gasteiger partial charge in [0.2, 0.25) is 11.6 Å². The lowest BCUT2D eigenvalue weighted by Gasteiger charge is -2.07. The zero-order valence-electron chi connectivity index (χ0n) is 6.66. The number of halogens is 4. The molecule has 0 atom stereocenters. The second kappa shape index (κ2) is 6.07. The second-order valence-corrected chi connectivity index (χ2v) is 5.06. The van der Waals surface area contributed by atoms with E-state index in [-0.39, 0.29) is 6.42 Å². The first-order valence-electron chi connectivity index (χ1n) is 3.60. The van der Waals surface area contributed by atoms with Gasteiger partial charge in [-0.1, -0.05) is 34.8 Å². The number of carbonyl (C=O) groups is 2. The first-order chi connectivity index (χ1) is 5.89. The Hall–Kier alpha value is 0.500. The molecule has 0 radical (unpaired) electrons. The summed E-state index contributed by atoms with van der Waals surface area (Å²) in [5.74, 6) is -1.19. The van der Waals surface area contributed by atoms with Crippen LogP contribution in [-0.2, 0) is 9.59 Å². The van der Waals surface area contributed by atoms with E-state index in [1.54, 1.807) is 0 Å². The van der Waals surface area contributed by atoms with E-state index in [9.17, 15) is 9.59 Å². The highest BCUT2D eigenvalue weighted by Crippen LogP contribution is 2.27. The Labute approximate surface area is 96.5 Å². The maximum Gasteiger partial charge on any atom is 0.256 e. The third-order valence-corrected chi connectivity index (χ3v) is 2.08. The molecule has 0 amide bonds. The van der Waals surface area contributed by atoms with Crippen LogP contribution >= 0.6 is 46.4 Å². The summed E-state index contributed by atoms with van der Waals surface area (Å²) in [7, 11) is 0. The van der Waals surface area contributed by atoms with Crippen LogP contribution in [0.4, 0.5) is 0 Å². The molecule has 0 spiro atoms. The Bertz CT molecular complexity index is 197. The van der Waals surface area contributed by atoms with Crippen LogP contribution in [0.3, 0.4) is 0 Å². The molecule has 0 aliphatic heterocycles. The van der Waals surface area contributed by atoms with Crippen molar-refractivity contribution < 1.29 is 9.59 Å². The predicted octanol–water partition coefficient (Wildman–Crippen LogP) is 2.90. The van der Waals surface area contributed by atoms with Crippen LogP contribution in [-0.4, -0.2) is 21.2 Å². The number of hydrogen-bond donors (Lipinski definition) is 0. The van der Waals surface area contributed by atoms with Crippen molar-refractivity contribution in [3.8, 4) is 0 Å². The summed E-state index contributed by atoms with van der Waals surface area (Å²) in [6, 6.07) is 0. The summed E-state index contributed by atoms with van der Waals surface area (Å²) in [5, 5.41) is 0. The number of hydrogen-bond acceptors (Lipinski definition) is 2. The van der Waals surface area contributed by atoms with Crippen LogP contribution in [0, 0.1) is 0 Å². The van der Waals surface area contributed by atoms with Crippen molar-refractivity contribution in [2.75, 3.05) is 5.88 Å². The maximum absolute atomic E-state index is 11.0. The van der Waals surface area contributed by atoms with E-state index in [2.05, 4.69) is 0 Å². The SMILES string of the molecule is O=C(CCCCCl)C(=O)C(Cl)(Cl)Cl. The first-order valence-corrected chi connectivity index (χ1v) is 5.26. The van der Waals surface area contributed by atoms with Gasteiger partial charge in [-0.25, -0.2) is 0 Å². The summed E-state index contributed by atoms with van der Waals surface area (Å²) >= 11 is 21.1. The fraction of sp³-hybridized carbons (Fsp3) is 0.714. The van der Waals surface area contributed by atoms with Gasteiger partial charge in [0.05, 0.1) is 0 Å². The molecule has 0 unspecified atom stereocenters. The molecule has 0 rings (SSSR count). The quantitative estimate of drug-likeness (QED) is 0.435. The Morgan fingerprint density at radius 3 is 2.00 bits per heavy atom. The lowest BCUT2D eigenvalue weighted by atomic mass is 10.1. The molecule has 0 aromatic rings. The molecule has 0 aliphatic rings. The minimum atomic E-state index is -2.13. The number of Topliss-reactive ketones (excluding diaryl/α,β-unsaturated/α-hetero) is 2. The number of ketones is 2. The number of rotatable bonds is 5. The molecular weight excluding hydrogens is 258 g/mol. The Morgan fingerprint density at radius 1 is 1.08 bits per heavy atom. The topological polar surface area (TPSA) is 34.1 Å². The molecule has 76 valence electrons. The van der Waals surface area contributed by atoms with Gasteiger partial charge in [0, 0.05) is 12.3 Å². The summed E-state index contributed by atoms with van der Waals surface area (Å²) in [6.45, 7) is 0. The third kappa shape index (κ3) is 5.74. The molecule has 6 heteroatoms. The van der Waals surface area contributed by atoms with Crippen molar-refractivity contribution in [1.29, 1.82) is 0 Å². The minimum absolute atomic E-state index is 0.0828. The first kappa shape index (κ1) is 13.5. The Kier molecular flexibility index (Phi) is 6.31. The molecule has 0 bridgehead atoms. The molecule has 2 nitrogen and oxygen atoms in total. The van der Waals surface area contributed by atoms with Crippen LogP contribution in [0.1, 0.15) is 19.3 Å². The van der Waals surface area contributed by atoms with Crippen LogP contribution < -0.4 is 0 Å². The smallest absolute Gasteiger partial charge is 0.256 e. The van der Waals surface area contributed by atoms with Crippen molar-refractivity contribution in [3.63, 3.8) is 0 Å². The standard InChI is InChI=1S/C7H8Cl4O2/c8-4-2-1-3-5(12)6(13)7(9,10)11/h1-4H2. The van der Waals surface area contributed by atoms with Crippen LogP contribution in [0.5, 0.6) is 0 Å². The summed E-state index contributed by atoms with van der Waals surface area (Å²) in [4.78, 5) is 22.0. The maximum atomic E-state index is 11.0. The molecule has 13 heavy (non-hydrogen) atoms.